The van der Waals surface area contributed by atoms with Gasteiger partial charge in [0.1, 0.15) is 5.82 Å². The number of carbonyl (C=O) groups is 1. The fraction of sp³-hybridized carbons (Fsp3) is 0.391. The van der Waals surface area contributed by atoms with Crippen molar-refractivity contribution < 1.29 is 23.2 Å². The Balaban J connectivity index is 1.27. The molecule has 0 spiro atoms. The zero-order valence-corrected chi connectivity index (χ0v) is 17.7. The SMILES string of the molecule is COc1ccc(CCNC(=O)N2CCC(c3noc4cc(F)ccc34)CC2)cc1OC. The van der Waals surface area contributed by atoms with Gasteiger partial charge >= 0.3 is 6.03 Å². The van der Waals surface area contributed by atoms with Crippen LogP contribution >= 0.6 is 0 Å². The minimum atomic E-state index is -0.338. The molecule has 1 aliphatic rings. The highest BCUT2D eigenvalue weighted by Gasteiger charge is 2.27. The van der Waals surface area contributed by atoms with E-state index in [1.165, 1.54) is 12.1 Å². The van der Waals surface area contributed by atoms with Crippen molar-refractivity contribution in [1.29, 1.82) is 0 Å². The molecule has 0 aliphatic carbocycles. The van der Waals surface area contributed by atoms with Crippen LogP contribution in [-0.2, 0) is 6.42 Å². The Morgan fingerprint density at radius 1 is 1.16 bits per heavy atom. The normalized spacial score (nSPS) is 14.6. The van der Waals surface area contributed by atoms with Gasteiger partial charge in [0.05, 0.1) is 19.9 Å². The van der Waals surface area contributed by atoms with E-state index >= 15 is 0 Å². The summed E-state index contributed by atoms with van der Waals surface area (Å²) in [6.45, 7) is 1.82. The van der Waals surface area contributed by atoms with Crippen molar-refractivity contribution in [2.75, 3.05) is 33.9 Å². The van der Waals surface area contributed by atoms with Gasteiger partial charge in [0, 0.05) is 37.0 Å². The number of rotatable bonds is 6. The minimum Gasteiger partial charge on any atom is -0.493 e. The average Bonchev–Trinajstić information content (AvgIpc) is 3.22. The quantitative estimate of drug-likeness (QED) is 0.641. The van der Waals surface area contributed by atoms with Crippen molar-refractivity contribution in [2.45, 2.75) is 25.2 Å². The maximum Gasteiger partial charge on any atom is 0.317 e. The number of fused-ring (bicyclic) bond motifs is 1. The first-order valence-electron chi connectivity index (χ1n) is 10.4. The Labute approximate surface area is 180 Å². The molecule has 0 saturated carbocycles. The first-order valence-corrected chi connectivity index (χ1v) is 10.4. The molecule has 1 aromatic heterocycles. The van der Waals surface area contributed by atoms with Crippen molar-refractivity contribution in [3.8, 4) is 11.5 Å². The molecule has 2 aromatic carbocycles. The monoisotopic (exact) mass is 427 g/mol. The van der Waals surface area contributed by atoms with Crippen LogP contribution < -0.4 is 14.8 Å². The average molecular weight is 427 g/mol. The third kappa shape index (κ3) is 4.57. The van der Waals surface area contributed by atoms with Crippen LogP contribution in [0.25, 0.3) is 11.0 Å². The molecule has 3 aromatic rings. The predicted octanol–water partition coefficient (Wildman–Crippen LogP) is 4.12. The van der Waals surface area contributed by atoms with Crippen LogP contribution in [0.1, 0.15) is 30.0 Å². The van der Waals surface area contributed by atoms with E-state index in [1.54, 1.807) is 20.3 Å². The Bertz CT molecular complexity index is 1060. The summed E-state index contributed by atoms with van der Waals surface area (Å²) in [5.41, 5.74) is 2.37. The molecule has 0 bridgehead atoms. The number of carbonyl (C=O) groups excluding carboxylic acids is 1. The summed E-state index contributed by atoms with van der Waals surface area (Å²) in [7, 11) is 3.21. The molecule has 0 unspecified atom stereocenters. The third-order valence-corrected chi connectivity index (χ3v) is 5.77. The first kappa shape index (κ1) is 21.0. The number of halogens is 1. The molecule has 1 N–H and O–H groups in total. The summed E-state index contributed by atoms with van der Waals surface area (Å²) in [4.78, 5) is 14.4. The van der Waals surface area contributed by atoms with Gasteiger partial charge in [0.15, 0.2) is 17.1 Å². The fourth-order valence-electron chi connectivity index (χ4n) is 4.04. The molecule has 1 aliphatic heterocycles. The van der Waals surface area contributed by atoms with E-state index < -0.39 is 0 Å². The molecule has 8 heteroatoms. The molecule has 4 rings (SSSR count). The molecule has 1 fully saturated rings. The second-order valence-electron chi connectivity index (χ2n) is 7.64. The van der Waals surface area contributed by atoms with Gasteiger partial charge in [0.25, 0.3) is 0 Å². The van der Waals surface area contributed by atoms with Crippen LogP contribution in [0.5, 0.6) is 11.5 Å². The summed E-state index contributed by atoms with van der Waals surface area (Å²) in [5, 5.41) is 8.00. The van der Waals surface area contributed by atoms with E-state index in [0.29, 0.717) is 43.1 Å². The van der Waals surface area contributed by atoms with Gasteiger partial charge in [-0.2, -0.15) is 0 Å². The fourth-order valence-corrected chi connectivity index (χ4v) is 4.04. The number of ether oxygens (including phenoxy) is 2. The van der Waals surface area contributed by atoms with Crippen molar-refractivity contribution in [3.63, 3.8) is 0 Å². The van der Waals surface area contributed by atoms with Gasteiger partial charge < -0.3 is 24.2 Å². The lowest BCUT2D eigenvalue weighted by Gasteiger charge is -2.31. The van der Waals surface area contributed by atoms with Crippen molar-refractivity contribution >= 4 is 17.0 Å². The number of benzene rings is 2. The minimum absolute atomic E-state index is 0.0639. The number of urea groups is 1. The highest BCUT2D eigenvalue weighted by atomic mass is 19.1. The smallest absolute Gasteiger partial charge is 0.317 e. The number of nitrogens with zero attached hydrogens (tertiary/aromatic N) is 2. The van der Waals surface area contributed by atoms with Crippen LogP contribution in [0.4, 0.5) is 9.18 Å². The summed E-state index contributed by atoms with van der Waals surface area (Å²) < 4.78 is 29.2. The van der Waals surface area contributed by atoms with E-state index in [1.807, 2.05) is 23.1 Å². The predicted molar refractivity (Wildman–Crippen MR) is 114 cm³/mol. The van der Waals surface area contributed by atoms with E-state index in [0.717, 1.165) is 29.5 Å². The van der Waals surface area contributed by atoms with Gasteiger partial charge in [-0.3, -0.25) is 0 Å². The van der Waals surface area contributed by atoms with Crippen LogP contribution in [-0.4, -0.2) is 49.9 Å². The van der Waals surface area contributed by atoms with E-state index in [-0.39, 0.29) is 17.8 Å². The lowest BCUT2D eigenvalue weighted by atomic mass is 9.92. The molecule has 7 nitrogen and oxygen atoms in total. The summed E-state index contributed by atoms with van der Waals surface area (Å²) in [6, 6.07) is 10.2. The summed E-state index contributed by atoms with van der Waals surface area (Å²) in [5.74, 6) is 1.22. The van der Waals surface area contributed by atoms with Gasteiger partial charge in [-0.05, 0) is 49.1 Å². The van der Waals surface area contributed by atoms with Crippen LogP contribution in [0.2, 0.25) is 0 Å². The molecule has 164 valence electrons. The summed E-state index contributed by atoms with van der Waals surface area (Å²) >= 11 is 0. The number of likely N-dealkylation sites (tertiary alicyclic amines) is 1. The largest absolute Gasteiger partial charge is 0.493 e. The molecule has 2 amide bonds. The Hall–Kier alpha value is -3.29. The maximum atomic E-state index is 13.4. The molecular weight excluding hydrogens is 401 g/mol. The second kappa shape index (κ2) is 9.24. The van der Waals surface area contributed by atoms with Gasteiger partial charge in [-0.1, -0.05) is 11.2 Å². The van der Waals surface area contributed by atoms with Crippen molar-refractivity contribution in [2.24, 2.45) is 0 Å². The van der Waals surface area contributed by atoms with E-state index in [4.69, 9.17) is 14.0 Å². The maximum absolute atomic E-state index is 13.4. The molecule has 0 atom stereocenters. The lowest BCUT2D eigenvalue weighted by Crippen LogP contribution is -2.44. The molecule has 0 radical (unpaired) electrons. The lowest BCUT2D eigenvalue weighted by molar-refractivity contribution is 0.180. The first-order chi connectivity index (χ1) is 15.1. The van der Waals surface area contributed by atoms with Crippen LogP contribution in [0, 0.1) is 5.82 Å². The third-order valence-electron chi connectivity index (χ3n) is 5.77. The second-order valence-corrected chi connectivity index (χ2v) is 7.64. The van der Waals surface area contributed by atoms with Gasteiger partial charge in [-0.25, -0.2) is 9.18 Å². The number of hydrogen-bond acceptors (Lipinski definition) is 5. The van der Waals surface area contributed by atoms with Crippen molar-refractivity contribution in [1.82, 2.24) is 15.4 Å². The topological polar surface area (TPSA) is 76.8 Å². The number of nitrogens with one attached hydrogen (secondary N) is 1. The van der Waals surface area contributed by atoms with Crippen LogP contribution in [0.3, 0.4) is 0 Å². The molecular formula is C23H26FN3O4. The highest BCUT2D eigenvalue weighted by Crippen LogP contribution is 2.33. The Morgan fingerprint density at radius 2 is 1.94 bits per heavy atom. The zero-order valence-electron chi connectivity index (χ0n) is 17.7. The molecule has 2 heterocycles. The number of methoxy groups -OCH3 is 2. The zero-order chi connectivity index (χ0) is 21.8. The number of amides is 2. The number of piperidine rings is 1. The van der Waals surface area contributed by atoms with Gasteiger partial charge in [-0.15, -0.1) is 0 Å². The summed E-state index contributed by atoms with van der Waals surface area (Å²) in [6.07, 6.45) is 2.29. The number of aromatic nitrogens is 1. The molecule has 31 heavy (non-hydrogen) atoms. The van der Waals surface area contributed by atoms with Gasteiger partial charge in [0.2, 0.25) is 0 Å². The Kier molecular flexibility index (Phi) is 6.25. The highest BCUT2D eigenvalue weighted by molar-refractivity contribution is 5.80. The Morgan fingerprint density at radius 3 is 2.68 bits per heavy atom. The van der Waals surface area contributed by atoms with E-state index in [9.17, 15) is 9.18 Å². The standard InChI is InChI=1S/C23H26FN3O4/c1-29-19-6-3-15(13-21(19)30-2)7-10-25-23(28)27-11-8-16(9-12-27)22-18-5-4-17(24)14-20(18)31-26-22/h3-6,13-14,16H,7-12H2,1-2H3,(H,25,28). The van der Waals surface area contributed by atoms with Crippen LogP contribution in [0.15, 0.2) is 40.9 Å². The number of hydrogen-bond donors (Lipinski definition) is 1. The van der Waals surface area contributed by atoms with Crippen molar-refractivity contribution in [3.05, 3.63) is 53.5 Å². The van der Waals surface area contributed by atoms with E-state index in [2.05, 4.69) is 10.5 Å². The molecule has 1 saturated heterocycles.